The summed E-state index contributed by atoms with van der Waals surface area (Å²) in [6.07, 6.45) is 3.78. The third-order valence-electron chi connectivity index (χ3n) is 3.87. The van der Waals surface area contributed by atoms with E-state index >= 15 is 0 Å². The minimum atomic E-state index is -0.731. The molecule has 11 nitrogen and oxygen atoms in total. The molecule has 27 heavy (non-hydrogen) atoms. The largest absolute Gasteiger partial charge is 0.514 e. The first-order valence-corrected chi connectivity index (χ1v) is 8.32. The molecule has 0 bridgehead atoms. The van der Waals surface area contributed by atoms with Gasteiger partial charge < -0.3 is 15.1 Å². The molecule has 0 aliphatic rings. The van der Waals surface area contributed by atoms with E-state index in [1.54, 1.807) is 6.92 Å². The first-order valence-electron chi connectivity index (χ1n) is 8.32. The first-order chi connectivity index (χ1) is 13.0. The van der Waals surface area contributed by atoms with Crippen LogP contribution in [0.5, 0.6) is 0 Å². The molecule has 0 fully saturated rings. The highest BCUT2D eigenvalue weighted by atomic mass is 16.6. The number of aryl methyl sites for hydroxylation is 1. The molecule has 2 aromatic heterocycles. The standard InChI is InChI=1S/C16H18N8O3/c1-11(10-23-21-16(20-22-23)24(26)27)18-19-15(25)8-4-5-12-9-17-14-7-3-2-6-13(12)14/h2-3,6-7,9,17H,4-5,8,10H2,1H3,(H,19,25). The van der Waals surface area contributed by atoms with Gasteiger partial charge in [0.25, 0.3) is 0 Å². The van der Waals surface area contributed by atoms with Crippen molar-refractivity contribution in [1.82, 2.24) is 30.6 Å². The van der Waals surface area contributed by atoms with Crippen LogP contribution in [0.2, 0.25) is 0 Å². The molecule has 11 heteroatoms. The Balaban J connectivity index is 1.44. The highest BCUT2D eigenvalue weighted by Crippen LogP contribution is 2.19. The van der Waals surface area contributed by atoms with Crippen molar-refractivity contribution in [3.63, 3.8) is 0 Å². The second-order valence-electron chi connectivity index (χ2n) is 5.97. The zero-order chi connectivity index (χ0) is 19.2. The lowest BCUT2D eigenvalue weighted by Crippen LogP contribution is -2.21. The summed E-state index contributed by atoms with van der Waals surface area (Å²) in [6.45, 7) is 1.75. The fraction of sp³-hybridized carbons (Fsp3) is 0.312. The lowest BCUT2D eigenvalue weighted by atomic mass is 10.1. The predicted molar refractivity (Wildman–Crippen MR) is 97.0 cm³/mol. The van der Waals surface area contributed by atoms with Crippen molar-refractivity contribution in [3.05, 3.63) is 46.1 Å². The number of tetrazole rings is 1. The van der Waals surface area contributed by atoms with Crippen molar-refractivity contribution in [3.8, 4) is 0 Å². The van der Waals surface area contributed by atoms with Crippen LogP contribution in [0.4, 0.5) is 5.95 Å². The van der Waals surface area contributed by atoms with Gasteiger partial charge in [-0.2, -0.15) is 5.10 Å². The predicted octanol–water partition coefficient (Wildman–Crippen LogP) is 1.58. The fourth-order valence-electron chi connectivity index (χ4n) is 2.61. The summed E-state index contributed by atoms with van der Waals surface area (Å²) in [5.41, 5.74) is 5.22. The van der Waals surface area contributed by atoms with Crippen molar-refractivity contribution in [2.75, 3.05) is 0 Å². The van der Waals surface area contributed by atoms with E-state index in [2.05, 4.69) is 37.0 Å². The fourth-order valence-corrected chi connectivity index (χ4v) is 2.61. The summed E-state index contributed by atoms with van der Waals surface area (Å²) >= 11 is 0. The summed E-state index contributed by atoms with van der Waals surface area (Å²) in [4.78, 5) is 26.0. The number of hydrogen-bond acceptors (Lipinski definition) is 7. The third kappa shape index (κ3) is 4.71. The number of benzene rings is 1. The number of carbonyl (C=O) groups is 1. The summed E-state index contributed by atoms with van der Waals surface area (Å²) in [7, 11) is 0. The van der Waals surface area contributed by atoms with Crippen LogP contribution >= 0.6 is 0 Å². The van der Waals surface area contributed by atoms with Gasteiger partial charge in [-0.15, -0.1) is 0 Å². The lowest BCUT2D eigenvalue weighted by molar-refractivity contribution is -0.394. The van der Waals surface area contributed by atoms with E-state index in [0.717, 1.165) is 16.7 Å². The van der Waals surface area contributed by atoms with Crippen molar-refractivity contribution >= 4 is 28.5 Å². The highest BCUT2D eigenvalue weighted by Gasteiger charge is 2.15. The van der Waals surface area contributed by atoms with Crippen LogP contribution in [-0.4, -0.2) is 41.7 Å². The molecule has 0 aliphatic heterocycles. The molecule has 3 rings (SSSR count). The number of H-pyrrole nitrogens is 1. The summed E-state index contributed by atoms with van der Waals surface area (Å²) in [6, 6.07) is 8.03. The molecule has 0 aliphatic carbocycles. The summed E-state index contributed by atoms with van der Waals surface area (Å²) in [5, 5.41) is 26.0. The second kappa shape index (κ2) is 8.17. The van der Waals surface area contributed by atoms with Gasteiger partial charge in [0, 0.05) is 28.7 Å². The zero-order valence-corrected chi connectivity index (χ0v) is 14.6. The molecule has 140 valence electrons. The topological polar surface area (TPSA) is 144 Å². The van der Waals surface area contributed by atoms with Gasteiger partial charge >= 0.3 is 5.95 Å². The number of aromatic amines is 1. The van der Waals surface area contributed by atoms with Gasteiger partial charge in [-0.1, -0.05) is 23.0 Å². The Morgan fingerprint density at radius 2 is 2.22 bits per heavy atom. The minimum Gasteiger partial charge on any atom is -0.390 e. The number of aromatic nitrogens is 5. The van der Waals surface area contributed by atoms with Gasteiger partial charge in [-0.25, -0.2) is 5.43 Å². The maximum atomic E-state index is 11.9. The molecule has 1 amide bonds. The zero-order valence-electron chi connectivity index (χ0n) is 14.6. The molecule has 3 aromatic rings. The van der Waals surface area contributed by atoms with Gasteiger partial charge in [0.15, 0.2) is 0 Å². The maximum absolute atomic E-state index is 11.9. The molecule has 0 saturated carbocycles. The average Bonchev–Trinajstić information content (AvgIpc) is 3.27. The smallest absolute Gasteiger partial charge is 0.390 e. The molecule has 0 saturated heterocycles. The van der Waals surface area contributed by atoms with E-state index in [-0.39, 0.29) is 12.5 Å². The van der Waals surface area contributed by atoms with Gasteiger partial charge in [-0.05, 0) is 36.3 Å². The van der Waals surface area contributed by atoms with Crippen LogP contribution in [-0.2, 0) is 17.8 Å². The van der Waals surface area contributed by atoms with Crippen molar-refractivity contribution in [2.24, 2.45) is 5.10 Å². The van der Waals surface area contributed by atoms with Crippen LogP contribution < -0.4 is 5.43 Å². The number of carbonyl (C=O) groups excluding carboxylic acids is 1. The van der Waals surface area contributed by atoms with Crippen LogP contribution in [0.3, 0.4) is 0 Å². The van der Waals surface area contributed by atoms with E-state index in [4.69, 9.17) is 0 Å². The Morgan fingerprint density at radius 1 is 1.41 bits per heavy atom. The van der Waals surface area contributed by atoms with Crippen molar-refractivity contribution in [2.45, 2.75) is 32.7 Å². The number of nitrogens with zero attached hydrogens (tertiary/aromatic N) is 6. The number of nitro groups is 1. The Hall–Kier alpha value is -3.63. The SMILES string of the molecule is CC(Cn1nnc([N+](=O)[O-])n1)=NNC(=O)CCCc1c[nH]c2ccccc12. The monoisotopic (exact) mass is 370 g/mol. The molecule has 0 unspecified atom stereocenters. The Morgan fingerprint density at radius 3 is 3.00 bits per heavy atom. The van der Waals surface area contributed by atoms with E-state index in [1.807, 2.05) is 24.4 Å². The maximum Gasteiger partial charge on any atom is 0.514 e. The Kier molecular flexibility index (Phi) is 5.50. The quantitative estimate of drug-likeness (QED) is 0.350. The van der Waals surface area contributed by atoms with Crippen LogP contribution in [0.15, 0.2) is 35.6 Å². The molecule has 1 aromatic carbocycles. The van der Waals surface area contributed by atoms with E-state index in [9.17, 15) is 14.9 Å². The molecule has 0 spiro atoms. The Labute approximate surface area is 153 Å². The van der Waals surface area contributed by atoms with Crippen molar-refractivity contribution < 1.29 is 9.72 Å². The summed E-state index contributed by atoms with van der Waals surface area (Å²) < 4.78 is 0. The van der Waals surface area contributed by atoms with E-state index in [0.29, 0.717) is 18.6 Å². The Bertz CT molecular complexity index is 990. The highest BCUT2D eigenvalue weighted by molar-refractivity contribution is 5.84. The number of fused-ring (bicyclic) bond motifs is 1. The summed E-state index contributed by atoms with van der Waals surface area (Å²) in [5.74, 6) is -0.782. The van der Waals surface area contributed by atoms with Crippen LogP contribution in [0, 0.1) is 10.1 Å². The van der Waals surface area contributed by atoms with E-state index in [1.165, 1.54) is 10.9 Å². The van der Waals surface area contributed by atoms with Crippen LogP contribution in [0.1, 0.15) is 25.3 Å². The number of para-hydroxylation sites is 1. The normalized spacial score (nSPS) is 11.7. The van der Waals surface area contributed by atoms with Crippen LogP contribution in [0.25, 0.3) is 10.9 Å². The molecule has 0 radical (unpaired) electrons. The molecule has 2 heterocycles. The van der Waals surface area contributed by atoms with Gasteiger partial charge in [0.05, 0.1) is 15.9 Å². The average molecular weight is 370 g/mol. The molecule has 0 atom stereocenters. The third-order valence-corrected chi connectivity index (χ3v) is 3.87. The number of hydrogen-bond donors (Lipinski definition) is 2. The number of amides is 1. The van der Waals surface area contributed by atoms with Gasteiger partial charge in [-0.3, -0.25) is 4.79 Å². The van der Waals surface area contributed by atoms with Gasteiger partial charge in [0.1, 0.15) is 6.54 Å². The second-order valence-corrected chi connectivity index (χ2v) is 5.97. The van der Waals surface area contributed by atoms with Gasteiger partial charge in [0.2, 0.25) is 5.91 Å². The van der Waals surface area contributed by atoms with E-state index < -0.39 is 10.9 Å². The minimum absolute atomic E-state index is 0.0937. The molecule has 2 N–H and O–H groups in total. The van der Waals surface area contributed by atoms with Crippen molar-refractivity contribution in [1.29, 1.82) is 0 Å². The number of rotatable bonds is 8. The molecular weight excluding hydrogens is 352 g/mol. The first kappa shape index (κ1) is 18.2. The number of hydrazone groups is 1. The number of nitrogens with one attached hydrogen (secondary N) is 2. The molecular formula is C16H18N8O3. The lowest BCUT2D eigenvalue weighted by Gasteiger charge is -2.02.